The molecule has 1 aliphatic heterocycles. The van der Waals surface area contributed by atoms with E-state index in [-0.39, 0.29) is 5.91 Å². The van der Waals surface area contributed by atoms with E-state index < -0.39 is 0 Å². The number of hydrogen-bond donors (Lipinski definition) is 0. The van der Waals surface area contributed by atoms with Crippen molar-refractivity contribution in [3.05, 3.63) is 47.4 Å². The molecule has 0 saturated heterocycles. The number of carbonyl (C=O) groups excluding carboxylic acids is 1. The zero-order valence-electron chi connectivity index (χ0n) is 15.2. The van der Waals surface area contributed by atoms with Crippen LogP contribution in [0.3, 0.4) is 0 Å². The average molecular weight is 352 g/mol. The molecule has 7 heteroatoms. The van der Waals surface area contributed by atoms with Gasteiger partial charge in [-0.15, -0.1) is 0 Å². The average Bonchev–Trinajstić information content (AvgIpc) is 3.01. The van der Waals surface area contributed by atoms with E-state index in [9.17, 15) is 4.79 Å². The number of allylic oxidation sites excluding steroid dienone is 2. The Labute approximate surface area is 152 Å². The summed E-state index contributed by atoms with van der Waals surface area (Å²) in [4.78, 5) is 27.2. The molecule has 3 rings (SSSR count). The molecule has 0 N–H and O–H groups in total. The van der Waals surface area contributed by atoms with Gasteiger partial charge < -0.3 is 14.4 Å². The first-order valence-corrected chi connectivity index (χ1v) is 8.11. The Hall–Kier alpha value is -3.22. The summed E-state index contributed by atoms with van der Waals surface area (Å²) in [7, 11) is 4.78. The summed E-state index contributed by atoms with van der Waals surface area (Å²) in [6.07, 6.45) is 5.20. The molecule has 7 nitrogen and oxygen atoms in total. The van der Waals surface area contributed by atoms with Crippen LogP contribution in [-0.4, -0.2) is 48.3 Å². The van der Waals surface area contributed by atoms with Crippen molar-refractivity contribution in [2.75, 3.05) is 21.3 Å². The summed E-state index contributed by atoms with van der Waals surface area (Å²) in [5.74, 6) is 0.869. The Balaban J connectivity index is 1.96. The van der Waals surface area contributed by atoms with Gasteiger partial charge in [-0.3, -0.25) is 14.8 Å². The number of pyridine rings is 2. The van der Waals surface area contributed by atoms with Crippen LogP contribution in [0.1, 0.15) is 23.0 Å². The van der Waals surface area contributed by atoms with Crippen LogP contribution in [0.4, 0.5) is 0 Å². The number of nitrogens with zero attached hydrogens (tertiary/aromatic N) is 4. The molecule has 0 bridgehead atoms. The van der Waals surface area contributed by atoms with E-state index in [1.54, 1.807) is 37.5 Å². The minimum atomic E-state index is -0.0718. The number of ether oxygens (including phenoxy) is 2. The van der Waals surface area contributed by atoms with E-state index in [1.807, 2.05) is 25.1 Å². The van der Waals surface area contributed by atoms with Crippen LogP contribution in [-0.2, 0) is 6.54 Å². The fourth-order valence-electron chi connectivity index (χ4n) is 2.86. The van der Waals surface area contributed by atoms with Gasteiger partial charge in [0.05, 0.1) is 43.4 Å². The second-order valence-corrected chi connectivity index (χ2v) is 5.62. The SMILES string of the molecule is C/C=C(\C=NC)N1Cc2nc(-c3cnc(OC)c(OC)c3)ccc2C1=O. The van der Waals surface area contributed by atoms with E-state index in [4.69, 9.17) is 9.47 Å². The van der Waals surface area contributed by atoms with Gasteiger partial charge in [0.25, 0.3) is 11.8 Å². The molecule has 0 fully saturated rings. The van der Waals surface area contributed by atoms with Crippen molar-refractivity contribution in [1.82, 2.24) is 14.9 Å². The lowest BCUT2D eigenvalue weighted by Gasteiger charge is -2.15. The van der Waals surface area contributed by atoms with Crippen molar-refractivity contribution in [2.24, 2.45) is 4.99 Å². The highest BCUT2D eigenvalue weighted by molar-refractivity contribution is 6.02. The van der Waals surface area contributed by atoms with Crippen LogP contribution in [0, 0.1) is 0 Å². The maximum absolute atomic E-state index is 12.6. The standard InChI is InChI=1S/C19H20N4O3/c1-5-13(10-20-2)23-11-16-14(19(23)24)6-7-15(22-16)12-8-17(25-3)18(26-4)21-9-12/h5-10H,11H2,1-4H3/b13-5+,20-10?. The Kier molecular flexibility index (Phi) is 4.97. The lowest BCUT2D eigenvalue weighted by molar-refractivity contribution is 0.0834. The molecule has 1 aliphatic rings. The zero-order valence-corrected chi connectivity index (χ0v) is 15.2. The van der Waals surface area contributed by atoms with Gasteiger partial charge in [0, 0.05) is 25.0 Å². The van der Waals surface area contributed by atoms with Gasteiger partial charge in [-0.1, -0.05) is 6.08 Å². The predicted octanol–water partition coefficient (Wildman–Crippen LogP) is 2.72. The second-order valence-electron chi connectivity index (χ2n) is 5.62. The van der Waals surface area contributed by atoms with Crippen LogP contribution in [0.5, 0.6) is 11.6 Å². The number of fused-ring (bicyclic) bond motifs is 1. The van der Waals surface area contributed by atoms with Crippen LogP contribution in [0.15, 0.2) is 41.2 Å². The molecule has 3 heterocycles. The van der Waals surface area contributed by atoms with Gasteiger partial charge in [-0.25, -0.2) is 4.98 Å². The number of hydrogen-bond acceptors (Lipinski definition) is 6. The van der Waals surface area contributed by atoms with Gasteiger partial charge in [0.15, 0.2) is 5.75 Å². The first kappa shape index (κ1) is 17.6. The lowest BCUT2D eigenvalue weighted by Crippen LogP contribution is -2.23. The minimum Gasteiger partial charge on any atom is -0.491 e. The third-order valence-electron chi connectivity index (χ3n) is 4.15. The fraction of sp³-hybridized carbons (Fsp3) is 0.263. The van der Waals surface area contributed by atoms with Gasteiger partial charge in [-0.2, -0.15) is 0 Å². The van der Waals surface area contributed by atoms with Crippen molar-refractivity contribution in [1.29, 1.82) is 0 Å². The van der Waals surface area contributed by atoms with Crippen LogP contribution < -0.4 is 9.47 Å². The molecular formula is C19H20N4O3. The lowest BCUT2D eigenvalue weighted by atomic mass is 10.1. The summed E-state index contributed by atoms with van der Waals surface area (Å²) in [5, 5.41) is 0. The Bertz CT molecular complexity index is 906. The van der Waals surface area contributed by atoms with E-state index in [1.165, 1.54) is 7.11 Å². The highest BCUT2D eigenvalue weighted by atomic mass is 16.5. The summed E-state index contributed by atoms with van der Waals surface area (Å²) < 4.78 is 10.5. The summed E-state index contributed by atoms with van der Waals surface area (Å²) in [6, 6.07) is 5.43. The van der Waals surface area contributed by atoms with Crippen molar-refractivity contribution in [2.45, 2.75) is 13.5 Å². The number of carbonyl (C=O) groups is 1. The zero-order chi connectivity index (χ0) is 18.7. The summed E-state index contributed by atoms with van der Waals surface area (Å²) in [6.45, 7) is 2.29. The third-order valence-corrected chi connectivity index (χ3v) is 4.15. The van der Waals surface area contributed by atoms with E-state index in [0.717, 1.165) is 22.6 Å². The second kappa shape index (κ2) is 7.35. The van der Waals surface area contributed by atoms with E-state index in [2.05, 4.69) is 15.0 Å². The van der Waals surface area contributed by atoms with Gasteiger partial charge in [-0.05, 0) is 25.1 Å². The fourth-order valence-corrected chi connectivity index (χ4v) is 2.86. The third kappa shape index (κ3) is 3.03. The highest BCUT2D eigenvalue weighted by Crippen LogP contribution is 2.31. The van der Waals surface area contributed by atoms with Gasteiger partial charge in [0.1, 0.15) is 0 Å². The Morgan fingerprint density at radius 2 is 2.12 bits per heavy atom. The molecule has 0 radical (unpaired) electrons. The first-order valence-electron chi connectivity index (χ1n) is 8.11. The summed E-state index contributed by atoms with van der Waals surface area (Å²) in [5.41, 5.74) is 3.60. The molecule has 26 heavy (non-hydrogen) atoms. The van der Waals surface area contributed by atoms with Crippen molar-refractivity contribution in [3.63, 3.8) is 0 Å². The smallest absolute Gasteiger partial charge is 0.260 e. The van der Waals surface area contributed by atoms with E-state index >= 15 is 0 Å². The number of amides is 1. The maximum Gasteiger partial charge on any atom is 0.260 e. The van der Waals surface area contributed by atoms with Gasteiger partial charge in [0.2, 0.25) is 0 Å². The van der Waals surface area contributed by atoms with E-state index in [0.29, 0.717) is 23.7 Å². The molecule has 1 amide bonds. The molecule has 0 aromatic carbocycles. The molecule has 0 atom stereocenters. The molecule has 134 valence electrons. The molecule has 0 unspecified atom stereocenters. The number of methoxy groups -OCH3 is 2. The molecule has 0 aliphatic carbocycles. The van der Waals surface area contributed by atoms with Crippen LogP contribution in [0.2, 0.25) is 0 Å². The quantitative estimate of drug-likeness (QED) is 0.773. The topological polar surface area (TPSA) is 76.9 Å². The predicted molar refractivity (Wildman–Crippen MR) is 98.6 cm³/mol. The largest absolute Gasteiger partial charge is 0.491 e. The molecule has 2 aromatic heterocycles. The highest BCUT2D eigenvalue weighted by Gasteiger charge is 2.30. The number of rotatable bonds is 5. The van der Waals surface area contributed by atoms with Crippen molar-refractivity contribution < 1.29 is 14.3 Å². The Morgan fingerprint density at radius 1 is 1.31 bits per heavy atom. The molecular weight excluding hydrogens is 332 g/mol. The maximum atomic E-state index is 12.6. The molecule has 2 aromatic rings. The summed E-state index contributed by atoms with van der Waals surface area (Å²) >= 11 is 0. The first-order chi connectivity index (χ1) is 12.6. The Morgan fingerprint density at radius 3 is 2.77 bits per heavy atom. The van der Waals surface area contributed by atoms with Crippen LogP contribution in [0.25, 0.3) is 11.3 Å². The van der Waals surface area contributed by atoms with Crippen molar-refractivity contribution >= 4 is 12.1 Å². The number of aromatic nitrogens is 2. The monoisotopic (exact) mass is 352 g/mol. The number of aliphatic imine (C=N–C) groups is 1. The molecule has 0 saturated carbocycles. The van der Waals surface area contributed by atoms with Crippen LogP contribution >= 0.6 is 0 Å². The minimum absolute atomic E-state index is 0.0718. The molecule has 0 spiro atoms. The normalized spacial score (nSPS) is 14.1. The van der Waals surface area contributed by atoms with Gasteiger partial charge >= 0.3 is 0 Å². The van der Waals surface area contributed by atoms with Crippen molar-refractivity contribution in [3.8, 4) is 22.9 Å².